The minimum absolute atomic E-state index is 0.154. The molecule has 90 valence electrons. The molecule has 2 atom stereocenters. The third-order valence-electron chi connectivity index (χ3n) is 2.63. The molecule has 0 aromatic rings. The van der Waals surface area contributed by atoms with Gasteiger partial charge in [-0.1, -0.05) is 13.8 Å². The van der Waals surface area contributed by atoms with Gasteiger partial charge < -0.3 is 14.6 Å². The predicted molar refractivity (Wildman–Crippen MR) is 57.5 cm³/mol. The van der Waals surface area contributed by atoms with E-state index in [1.54, 1.807) is 6.92 Å². The van der Waals surface area contributed by atoms with Crippen molar-refractivity contribution in [2.24, 2.45) is 5.92 Å². The lowest BCUT2D eigenvalue weighted by molar-refractivity contribution is -0.163. The maximum atomic E-state index is 11.6. The molecule has 0 aromatic heterocycles. The SMILES string of the molecule is CCOC(=O)C(CC)C(O)(CC)COC. The van der Waals surface area contributed by atoms with E-state index >= 15 is 0 Å². The van der Waals surface area contributed by atoms with E-state index in [0.717, 1.165) is 0 Å². The zero-order valence-corrected chi connectivity index (χ0v) is 10.1. The number of esters is 1. The fourth-order valence-electron chi connectivity index (χ4n) is 1.71. The van der Waals surface area contributed by atoms with E-state index in [0.29, 0.717) is 19.4 Å². The van der Waals surface area contributed by atoms with Gasteiger partial charge in [-0.05, 0) is 19.8 Å². The number of hydrogen-bond acceptors (Lipinski definition) is 4. The van der Waals surface area contributed by atoms with E-state index in [2.05, 4.69) is 0 Å². The van der Waals surface area contributed by atoms with Crippen molar-refractivity contribution in [3.05, 3.63) is 0 Å². The van der Waals surface area contributed by atoms with Gasteiger partial charge >= 0.3 is 5.97 Å². The summed E-state index contributed by atoms with van der Waals surface area (Å²) in [6.45, 7) is 5.94. The van der Waals surface area contributed by atoms with Crippen molar-refractivity contribution in [1.82, 2.24) is 0 Å². The molecular weight excluding hydrogens is 196 g/mol. The first-order chi connectivity index (χ1) is 7.05. The van der Waals surface area contributed by atoms with Crippen molar-refractivity contribution in [1.29, 1.82) is 0 Å². The average Bonchev–Trinajstić information content (AvgIpc) is 2.19. The Bertz CT molecular complexity index is 193. The van der Waals surface area contributed by atoms with E-state index < -0.39 is 11.5 Å². The van der Waals surface area contributed by atoms with Crippen LogP contribution in [-0.2, 0) is 14.3 Å². The van der Waals surface area contributed by atoms with Gasteiger partial charge in [0.15, 0.2) is 0 Å². The van der Waals surface area contributed by atoms with Gasteiger partial charge in [-0.25, -0.2) is 0 Å². The van der Waals surface area contributed by atoms with Crippen LogP contribution < -0.4 is 0 Å². The van der Waals surface area contributed by atoms with Gasteiger partial charge in [0.05, 0.1) is 19.1 Å². The Labute approximate surface area is 91.6 Å². The van der Waals surface area contributed by atoms with Crippen LogP contribution in [0.5, 0.6) is 0 Å². The van der Waals surface area contributed by atoms with Crippen LogP contribution in [0.25, 0.3) is 0 Å². The standard InChI is InChI=1S/C11H22O4/c1-5-9(10(12)15-7-3)11(13,6-2)8-14-4/h9,13H,5-8H2,1-4H3. The second-order valence-corrected chi connectivity index (χ2v) is 3.60. The summed E-state index contributed by atoms with van der Waals surface area (Å²) >= 11 is 0. The van der Waals surface area contributed by atoms with Crippen molar-refractivity contribution in [2.45, 2.75) is 39.2 Å². The summed E-state index contributed by atoms with van der Waals surface area (Å²) in [6, 6.07) is 0. The lowest BCUT2D eigenvalue weighted by Gasteiger charge is -2.32. The van der Waals surface area contributed by atoms with Crippen LogP contribution in [0, 0.1) is 5.92 Å². The molecule has 0 spiro atoms. The predicted octanol–water partition coefficient (Wildman–Crippen LogP) is 1.36. The summed E-state index contributed by atoms with van der Waals surface area (Å²) < 4.78 is 9.89. The zero-order valence-electron chi connectivity index (χ0n) is 10.1. The Hall–Kier alpha value is -0.610. The summed E-state index contributed by atoms with van der Waals surface area (Å²) in [4.78, 5) is 11.6. The quantitative estimate of drug-likeness (QED) is 0.656. The summed E-state index contributed by atoms with van der Waals surface area (Å²) in [7, 11) is 1.51. The molecule has 0 aliphatic heterocycles. The monoisotopic (exact) mass is 218 g/mol. The van der Waals surface area contributed by atoms with E-state index in [4.69, 9.17) is 9.47 Å². The van der Waals surface area contributed by atoms with Crippen LogP contribution in [0.3, 0.4) is 0 Å². The van der Waals surface area contributed by atoms with Gasteiger partial charge in [0.2, 0.25) is 0 Å². The maximum Gasteiger partial charge on any atom is 0.311 e. The Morgan fingerprint density at radius 3 is 2.33 bits per heavy atom. The number of ether oxygens (including phenoxy) is 2. The first-order valence-electron chi connectivity index (χ1n) is 5.43. The Balaban J connectivity index is 4.66. The Morgan fingerprint density at radius 1 is 1.40 bits per heavy atom. The molecule has 0 aromatic carbocycles. The molecule has 0 saturated carbocycles. The molecule has 0 fully saturated rings. The highest BCUT2D eigenvalue weighted by Gasteiger charge is 2.39. The second-order valence-electron chi connectivity index (χ2n) is 3.60. The highest BCUT2D eigenvalue weighted by molar-refractivity contribution is 5.73. The summed E-state index contributed by atoms with van der Waals surface area (Å²) in [5.74, 6) is -0.858. The van der Waals surface area contributed by atoms with Gasteiger partial charge in [-0.15, -0.1) is 0 Å². The van der Waals surface area contributed by atoms with E-state index in [1.165, 1.54) is 7.11 Å². The van der Waals surface area contributed by atoms with E-state index in [9.17, 15) is 9.90 Å². The number of carbonyl (C=O) groups is 1. The van der Waals surface area contributed by atoms with Crippen LogP contribution in [0.1, 0.15) is 33.6 Å². The fourth-order valence-corrected chi connectivity index (χ4v) is 1.71. The molecule has 2 unspecified atom stereocenters. The van der Waals surface area contributed by atoms with Gasteiger partial charge in [-0.2, -0.15) is 0 Å². The molecule has 0 aliphatic rings. The summed E-state index contributed by atoms with van der Waals surface area (Å²) in [5.41, 5.74) is -1.12. The highest BCUT2D eigenvalue weighted by atomic mass is 16.5. The van der Waals surface area contributed by atoms with Crippen LogP contribution in [0.2, 0.25) is 0 Å². The van der Waals surface area contributed by atoms with E-state index in [1.807, 2.05) is 13.8 Å². The molecule has 0 radical (unpaired) electrons. The van der Waals surface area contributed by atoms with Gasteiger partial charge in [0.25, 0.3) is 0 Å². The number of methoxy groups -OCH3 is 1. The number of hydrogen-bond donors (Lipinski definition) is 1. The van der Waals surface area contributed by atoms with Crippen LogP contribution in [-0.4, -0.2) is 37.0 Å². The van der Waals surface area contributed by atoms with Crippen LogP contribution in [0.4, 0.5) is 0 Å². The van der Waals surface area contributed by atoms with Crippen molar-refractivity contribution in [2.75, 3.05) is 20.3 Å². The van der Waals surface area contributed by atoms with Crippen molar-refractivity contribution < 1.29 is 19.4 Å². The summed E-state index contributed by atoms with van der Waals surface area (Å²) in [6.07, 6.45) is 1.02. The number of carbonyl (C=O) groups excluding carboxylic acids is 1. The zero-order chi connectivity index (χ0) is 11.9. The number of aliphatic hydroxyl groups is 1. The minimum atomic E-state index is -1.12. The fraction of sp³-hybridized carbons (Fsp3) is 0.909. The van der Waals surface area contributed by atoms with Crippen molar-refractivity contribution >= 4 is 5.97 Å². The molecule has 0 saturated heterocycles. The smallest absolute Gasteiger partial charge is 0.311 e. The lowest BCUT2D eigenvalue weighted by atomic mass is 9.84. The number of rotatable bonds is 7. The molecule has 0 bridgehead atoms. The van der Waals surface area contributed by atoms with Gasteiger partial charge in [-0.3, -0.25) is 4.79 Å². The molecule has 15 heavy (non-hydrogen) atoms. The van der Waals surface area contributed by atoms with Gasteiger partial charge in [0, 0.05) is 7.11 Å². The Morgan fingerprint density at radius 2 is 2.00 bits per heavy atom. The largest absolute Gasteiger partial charge is 0.466 e. The molecule has 4 nitrogen and oxygen atoms in total. The topological polar surface area (TPSA) is 55.8 Å². The van der Waals surface area contributed by atoms with E-state index in [-0.39, 0.29) is 12.6 Å². The average molecular weight is 218 g/mol. The van der Waals surface area contributed by atoms with Crippen LogP contribution >= 0.6 is 0 Å². The van der Waals surface area contributed by atoms with Gasteiger partial charge in [0.1, 0.15) is 5.60 Å². The van der Waals surface area contributed by atoms with Crippen molar-refractivity contribution in [3.8, 4) is 0 Å². The lowest BCUT2D eigenvalue weighted by Crippen LogP contribution is -2.46. The molecule has 1 N–H and O–H groups in total. The molecule has 4 heteroatoms. The summed E-state index contributed by atoms with van der Waals surface area (Å²) in [5, 5.41) is 10.3. The molecule has 0 rings (SSSR count). The molecule has 0 aliphatic carbocycles. The first kappa shape index (κ1) is 14.4. The third kappa shape index (κ3) is 3.80. The van der Waals surface area contributed by atoms with Crippen molar-refractivity contribution in [3.63, 3.8) is 0 Å². The maximum absolute atomic E-state index is 11.6. The first-order valence-corrected chi connectivity index (χ1v) is 5.43. The molecule has 0 amide bonds. The third-order valence-corrected chi connectivity index (χ3v) is 2.63. The molecule has 0 heterocycles. The minimum Gasteiger partial charge on any atom is -0.466 e. The highest BCUT2D eigenvalue weighted by Crippen LogP contribution is 2.26. The Kier molecular flexibility index (Phi) is 6.52. The van der Waals surface area contributed by atoms with Crippen LogP contribution in [0.15, 0.2) is 0 Å². The molecular formula is C11H22O4. The second kappa shape index (κ2) is 6.80. The normalized spacial score (nSPS) is 16.9.